The van der Waals surface area contributed by atoms with Crippen molar-refractivity contribution in [2.75, 3.05) is 19.8 Å². The molecule has 1 spiro atoms. The molecule has 1 saturated carbocycles. The number of hydrogen-bond acceptors (Lipinski definition) is 3. The van der Waals surface area contributed by atoms with Crippen molar-refractivity contribution < 1.29 is 9.47 Å². The molecule has 0 amide bonds. The molecule has 0 radical (unpaired) electrons. The highest BCUT2D eigenvalue weighted by molar-refractivity contribution is 5.12. The van der Waals surface area contributed by atoms with Crippen LogP contribution in [-0.2, 0) is 9.47 Å². The van der Waals surface area contributed by atoms with Crippen LogP contribution in [0.1, 0.15) is 46.0 Å². The summed E-state index contributed by atoms with van der Waals surface area (Å²) in [7, 11) is 0. The third-order valence-electron chi connectivity index (χ3n) is 5.16. The van der Waals surface area contributed by atoms with Crippen LogP contribution in [0.15, 0.2) is 0 Å². The van der Waals surface area contributed by atoms with Crippen LogP contribution in [-0.4, -0.2) is 37.0 Å². The van der Waals surface area contributed by atoms with Crippen LogP contribution in [0.3, 0.4) is 0 Å². The monoisotopic (exact) mass is 239 g/mol. The maximum atomic E-state index is 6.28. The van der Waals surface area contributed by atoms with E-state index in [-0.39, 0.29) is 11.2 Å². The SMILES string of the molecule is CC1(C)OCCC12OCCNC2C1CCCC1. The normalized spacial score (nSPS) is 42.4. The molecule has 3 nitrogen and oxygen atoms in total. The minimum Gasteiger partial charge on any atom is -0.372 e. The Labute approximate surface area is 104 Å². The van der Waals surface area contributed by atoms with Crippen LogP contribution in [0, 0.1) is 5.92 Å². The lowest BCUT2D eigenvalue weighted by Gasteiger charge is -2.50. The van der Waals surface area contributed by atoms with E-state index in [4.69, 9.17) is 9.47 Å². The van der Waals surface area contributed by atoms with Crippen molar-refractivity contribution in [3.8, 4) is 0 Å². The molecule has 0 aromatic rings. The Balaban J connectivity index is 1.88. The van der Waals surface area contributed by atoms with E-state index in [0.717, 1.165) is 32.1 Å². The van der Waals surface area contributed by atoms with Gasteiger partial charge >= 0.3 is 0 Å². The van der Waals surface area contributed by atoms with Gasteiger partial charge in [0.1, 0.15) is 5.60 Å². The maximum Gasteiger partial charge on any atom is 0.114 e. The third-order valence-corrected chi connectivity index (χ3v) is 5.16. The first-order chi connectivity index (χ1) is 8.16. The summed E-state index contributed by atoms with van der Waals surface area (Å²) in [6.45, 7) is 7.08. The van der Waals surface area contributed by atoms with Crippen molar-refractivity contribution in [2.45, 2.75) is 63.2 Å². The average Bonchev–Trinajstić information content (AvgIpc) is 2.90. The van der Waals surface area contributed by atoms with Crippen molar-refractivity contribution in [2.24, 2.45) is 5.92 Å². The number of ether oxygens (including phenoxy) is 2. The molecule has 1 N–H and O–H groups in total. The molecule has 1 aliphatic carbocycles. The molecule has 0 aromatic carbocycles. The molecule has 3 rings (SSSR count). The molecular formula is C14H25NO2. The second-order valence-electron chi connectivity index (χ2n) is 6.32. The van der Waals surface area contributed by atoms with E-state index in [1.807, 2.05) is 0 Å². The molecule has 2 heterocycles. The number of morpholine rings is 1. The van der Waals surface area contributed by atoms with Crippen LogP contribution < -0.4 is 5.32 Å². The summed E-state index contributed by atoms with van der Waals surface area (Å²) in [5.41, 5.74) is -0.228. The number of nitrogens with one attached hydrogen (secondary N) is 1. The summed E-state index contributed by atoms with van der Waals surface area (Å²) in [6.07, 6.45) is 6.55. The van der Waals surface area contributed by atoms with E-state index in [9.17, 15) is 0 Å². The van der Waals surface area contributed by atoms with E-state index in [0.29, 0.717) is 6.04 Å². The minimum atomic E-state index is -0.145. The van der Waals surface area contributed by atoms with Gasteiger partial charge in [-0.2, -0.15) is 0 Å². The Morgan fingerprint density at radius 2 is 1.82 bits per heavy atom. The fourth-order valence-corrected chi connectivity index (χ4v) is 4.20. The van der Waals surface area contributed by atoms with E-state index in [1.54, 1.807) is 0 Å². The Morgan fingerprint density at radius 1 is 1.06 bits per heavy atom. The lowest BCUT2D eigenvalue weighted by molar-refractivity contribution is -0.179. The van der Waals surface area contributed by atoms with Gasteiger partial charge in [-0.15, -0.1) is 0 Å². The molecule has 17 heavy (non-hydrogen) atoms. The van der Waals surface area contributed by atoms with Gasteiger partial charge in [-0.25, -0.2) is 0 Å². The minimum absolute atomic E-state index is 0.0831. The van der Waals surface area contributed by atoms with E-state index in [1.165, 1.54) is 25.7 Å². The molecular weight excluding hydrogens is 214 g/mol. The molecule has 3 fully saturated rings. The quantitative estimate of drug-likeness (QED) is 0.760. The van der Waals surface area contributed by atoms with Gasteiger partial charge in [0.15, 0.2) is 0 Å². The van der Waals surface area contributed by atoms with E-state index in [2.05, 4.69) is 19.2 Å². The zero-order valence-corrected chi connectivity index (χ0v) is 11.1. The molecule has 2 atom stereocenters. The lowest BCUT2D eigenvalue weighted by atomic mass is 9.72. The largest absolute Gasteiger partial charge is 0.372 e. The lowest BCUT2D eigenvalue weighted by Crippen LogP contribution is -2.67. The van der Waals surface area contributed by atoms with Crippen LogP contribution in [0.25, 0.3) is 0 Å². The summed E-state index contributed by atoms with van der Waals surface area (Å²) in [5.74, 6) is 0.788. The summed E-state index contributed by atoms with van der Waals surface area (Å²) < 4.78 is 12.2. The van der Waals surface area contributed by atoms with Crippen molar-refractivity contribution in [3.05, 3.63) is 0 Å². The first-order valence-corrected chi connectivity index (χ1v) is 7.17. The average molecular weight is 239 g/mol. The predicted molar refractivity (Wildman–Crippen MR) is 67.1 cm³/mol. The summed E-state index contributed by atoms with van der Waals surface area (Å²) in [4.78, 5) is 0. The van der Waals surface area contributed by atoms with Crippen molar-refractivity contribution in [1.82, 2.24) is 5.32 Å². The van der Waals surface area contributed by atoms with Gasteiger partial charge in [0.05, 0.1) is 18.8 Å². The Hall–Kier alpha value is -0.120. The smallest absolute Gasteiger partial charge is 0.114 e. The van der Waals surface area contributed by atoms with Crippen LogP contribution in [0.4, 0.5) is 0 Å². The van der Waals surface area contributed by atoms with Crippen LogP contribution in [0.5, 0.6) is 0 Å². The number of hydrogen-bond donors (Lipinski definition) is 1. The van der Waals surface area contributed by atoms with E-state index < -0.39 is 0 Å². The molecule has 2 saturated heterocycles. The second-order valence-corrected chi connectivity index (χ2v) is 6.32. The summed E-state index contributed by atoms with van der Waals surface area (Å²) >= 11 is 0. The highest BCUT2D eigenvalue weighted by atomic mass is 16.6. The Morgan fingerprint density at radius 3 is 2.47 bits per heavy atom. The van der Waals surface area contributed by atoms with Gasteiger partial charge in [-0.1, -0.05) is 12.8 Å². The highest BCUT2D eigenvalue weighted by Gasteiger charge is 2.59. The van der Waals surface area contributed by atoms with Gasteiger partial charge in [-0.3, -0.25) is 0 Å². The predicted octanol–water partition coefficient (Wildman–Crippen LogP) is 2.10. The standard InChI is InChI=1S/C14H25NO2/c1-13(2)14(7-9-16-13)12(15-8-10-17-14)11-5-3-4-6-11/h11-12,15H,3-10H2,1-2H3. The molecule has 0 bridgehead atoms. The summed E-state index contributed by atoms with van der Waals surface area (Å²) in [5, 5.41) is 3.74. The van der Waals surface area contributed by atoms with Gasteiger partial charge < -0.3 is 14.8 Å². The molecule has 3 aliphatic rings. The number of rotatable bonds is 1. The molecule has 2 unspecified atom stereocenters. The zero-order valence-electron chi connectivity index (χ0n) is 11.1. The van der Waals surface area contributed by atoms with Crippen molar-refractivity contribution in [1.29, 1.82) is 0 Å². The van der Waals surface area contributed by atoms with Gasteiger partial charge in [-0.05, 0) is 32.6 Å². The first-order valence-electron chi connectivity index (χ1n) is 7.17. The zero-order chi connectivity index (χ0) is 11.9. The maximum absolute atomic E-state index is 6.28. The molecule has 0 aromatic heterocycles. The van der Waals surface area contributed by atoms with Crippen LogP contribution >= 0.6 is 0 Å². The van der Waals surface area contributed by atoms with Gasteiger partial charge in [0, 0.05) is 19.0 Å². The molecule has 3 heteroatoms. The topological polar surface area (TPSA) is 30.5 Å². The Kier molecular flexibility index (Phi) is 2.96. The van der Waals surface area contributed by atoms with Crippen molar-refractivity contribution >= 4 is 0 Å². The van der Waals surface area contributed by atoms with Crippen LogP contribution in [0.2, 0.25) is 0 Å². The van der Waals surface area contributed by atoms with Gasteiger partial charge in [0.25, 0.3) is 0 Å². The summed E-state index contributed by atoms with van der Waals surface area (Å²) in [6, 6.07) is 0.497. The third kappa shape index (κ3) is 1.74. The second kappa shape index (κ2) is 4.22. The Bertz CT molecular complexity index is 286. The van der Waals surface area contributed by atoms with Gasteiger partial charge in [0.2, 0.25) is 0 Å². The fraction of sp³-hybridized carbons (Fsp3) is 1.00. The van der Waals surface area contributed by atoms with E-state index >= 15 is 0 Å². The molecule has 98 valence electrons. The highest BCUT2D eigenvalue weighted by Crippen LogP contribution is 2.47. The fourth-order valence-electron chi connectivity index (χ4n) is 4.20. The molecule has 2 aliphatic heterocycles. The first kappa shape index (κ1) is 11.9. The van der Waals surface area contributed by atoms with Crippen molar-refractivity contribution in [3.63, 3.8) is 0 Å².